The lowest BCUT2D eigenvalue weighted by Crippen LogP contribution is -3.00. The molecule has 0 aromatic carbocycles. The van der Waals surface area contributed by atoms with Gasteiger partial charge < -0.3 is 0 Å². The molecule has 0 amide bonds. The SMILES string of the molecule is C.C.C.C.P.[IH2+].[IH2+].[SH3+].[SH3+]. The van der Waals surface area contributed by atoms with Gasteiger partial charge in [0.05, 0.1) is 0 Å². The fourth-order valence-electron chi connectivity index (χ4n) is 0. The zero-order chi connectivity index (χ0) is 0. The van der Waals surface area contributed by atoms with E-state index in [1.807, 2.05) is 0 Å². The molecule has 1 unspecified atom stereocenters. The fourth-order valence-corrected chi connectivity index (χ4v) is 0. The van der Waals surface area contributed by atoms with E-state index >= 15 is 0 Å². The number of hydrogen-bond acceptors (Lipinski definition) is 0. The molecule has 0 spiro atoms. The van der Waals surface area contributed by atoms with Crippen LogP contribution in [0, 0.1) is 0 Å². The molecule has 72 valence electrons. The molecule has 0 N–H and O–H groups in total. The lowest BCUT2D eigenvalue weighted by Gasteiger charge is -0.153. The number of halogens is 2. The lowest BCUT2D eigenvalue weighted by molar-refractivity contribution is -0.001000. The quantitative estimate of drug-likeness (QED) is 0.206. The molecule has 0 saturated heterocycles. The van der Waals surface area contributed by atoms with Crippen LogP contribution in [-0.2, 0) is 27.0 Å². The summed E-state index contributed by atoms with van der Waals surface area (Å²) in [6.07, 6.45) is 0. The van der Waals surface area contributed by atoms with Crippen LogP contribution in [0.2, 0.25) is 0 Å². The van der Waals surface area contributed by atoms with Crippen LogP contribution in [0.4, 0.5) is 0 Å². The summed E-state index contributed by atoms with van der Waals surface area (Å²) in [5, 5.41) is 0. The van der Waals surface area contributed by atoms with Crippen molar-refractivity contribution >= 4 is 36.9 Å². The molecule has 0 saturated carbocycles. The minimum absolute atomic E-state index is 0. The second-order valence-corrected chi connectivity index (χ2v) is 0. The van der Waals surface area contributed by atoms with E-state index in [9.17, 15) is 0 Å². The average molecular weight is 426 g/mol. The number of hydrogen-bond donors (Lipinski definition) is 0. The molecule has 0 radical (unpaired) electrons. The van der Waals surface area contributed by atoms with E-state index in [0.717, 1.165) is 0 Å². The topological polar surface area (TPSA) is 0 Å². The Balaban J connectivity index is 0. The summed E-state index contributed by atoms with van der Waals surface area (Å²) >= 11 is 0. The Morgan fingerprint density at radius 1 is 0.444 bits per heavy atom. The molecule has 0 bridgehead atoms. The highest BCUT2D eigenvalue weighted by molar-refractivity contribution is 7.37. The standard InChI is InChI=1S/4CH4.2H2I.H3P.2H2S/h4*1H4;2*1H2;1H3;2*1H2/q;;;;2*+1;;;/p+2. The third kappa shape index (κ3) is 116. The highest BCUT2D eigenvalue weighted by Crippen LogP contribution is 0.861. The zero-order valence-corrected chi connectivity index (χ0v) is 11.6. The summed E-state index contributed by atoms with van der Waals surface area (Å²) < 4.78 is 0. The Morgan fingerprint density at radius 3 is 0.444 bits per heavy atom. The van der Waals surface area contributed by atoms with Crippen LogP contribution in [0.3, 0.4) is 0 Å². The minimum atomic E-state index is 0. The average Bonchev–Trinajstić information content (AvgIpc) is 0. The van der Waals surface area contributed by atoms with Crippen LogP contribution in [-0.4, -0.2) is 0 Å². The molecule has 5 heteroatoms. The third-order valence-corrected chi connectivity index (χ3v) is 0. The van der Waals surface area contributed by atoms with Crippen molar-refractivity contribution in [1.82, 2.24) is 0 Å². The Morgan fingerprint density at radius 2 is 0.444 bits per heavy atom. The van der Waals surface area contributed by atoms with Gasteiger partial charge in [0.2, 0.25) is 48.0 Å². The smallest absolute Gasteiger partial charge is 0.153 e. The van der Waals surface area contributed by atoms with E-state index in [4.69, 9.17) is 0 Å². The largest absolute Gasteiger partial charge is 0.235 e. The van der Waals surface area contributed by atoms with Gasteiger partial charge in [-0.15, -0.1) is 0 Å². The van der Waals surface area contributed by atoms with Crippen LogP contribution in [0.5, 0.6) is 0 Å². The summed E-state index contributed by atoms with van der Waals surface area (Å²) in [7, 11) is 0. The van der Waals surface area contributed by atoms with E-state index in [2.05, 4.69) is 0 Å². The van der Waals surface area contributed by atoms with Crippen LogP contribution in [0.25, 0.3) is 0 Å². The molecule has 0 aliphatic heterocycles. The summed E-state index contributed by atoms with van der Waals surface area (Å²) in [4.78, 5) is 0. The summed E-state index contributed by atoms with van der Waals surface area (Å²) in [5.74, 6) is 0. The van der Waals surface area contributed by atoms with Gasteiger partial charge in [-0.2, -0.15) is 9.90 Å². The van der Waals surface area contributed by atoms with Crippen molar-refractivity contribution in [1.29, 1.82) is 0 Å². The molecule has 0 aromatic rings. The predicted molar refractivity (Wildman–Crippen MR) is 66.7 cm³/mol. The van der Waals surface area contributed by atoms with Crippen molar-refractivity contribution < 1.29 is 48.0 Å². The van der Waals surface area contributed by atoms with E-state index < -0.39 is 0 Å². The Kier molecular flexibility index (Phi) is 3130. The first-order chi connectivity index (χ1) is 0. The minimum Gasteiger partial charge on any atom is -0.153 e. The maximum Gasteiger partial charge on any atom is 0.235 e. The zero-order valence-electron chi connectivity index (χ0n) is 2.76. The molecule has 0 aliphatic carbocycles. The maximum atomic E-state index is 0. The monoisotopic (exact) mass is 426 g/mol. The highest BCUT2D eigenvalue weighted by Gasteiger charge is 0.236. The van der Waals surface area contributed by atoms with Gasteiger partial charge in [0.1, 0.15) is 0 Å². The van der Waals surface area contributed by atoms with Gasteiger partial charge >= 0.3 is 0 Å². The molecule has 0 heterocycles. The maximum absolute atomic E-state index is 0. The van der Waals surface area contributed by atoms with E-state index in [1.165, 1.54) is 0 Å². The van der Waals surface area contributed by atoms with Gasteiger partial charge in [0, 0.05) is 0 Å². The van der Waals surface area contributed by atoms with Gasteiger partial charge in [0.15, 0.2) is 0 Å². The first-order valence-corrected chi connectivity index (χ1v) is 0. The predicted octanol–water partition coefficient (Wildman–Crippen LogP) is -6.07. The van der Waals surface area contributed by atoms with E-state index in [0.29, 0.717) is 0 Å². The van der Waals surface area contributed by atoms with Crippen molar-refractivity contribution in [2.75, 3.05) is 0 Å². The molecule has 0 aromatic heterocycles. The van der Waals surface area contributed by atoms with Gasteiger partial charge in [-0.25, -0.2) is 0 Å². The van der Waals surface area contributed by atoms with E-state index in [1.54, 1.807) is 0 Å². The molecular weight excluding hydrogens is 397 g/mol. The highest BCUT2D eigenvalue weighted by atomic mass is 127. The molecule has 1 atom stereocenters. The van der Waals surface area contributed by atoms with Crippen LogP contribution in [0.1, 0.15) is 29.7 Å². The number of rotatable bonds is 0. The van der Waals surface area contributed by atoms with Gasteiger partial charge in [-0.1, -0.05) is 56.7 Å². The third-order valence-electron chi connectivity index (χ3n) is 0. The van der Waals surface area contributed by atoms with Crippen molar-refractivity contribution in [2.24, 2.45) is 0 Å². The summed E-state index contributed by atoms with van der Waals surface area (Å²) in [6, 6.07) is 0. The van der Waals surface area contributed by atoms with Crippen molar-refractivity contribution in [3.05, 3.63) is 0 Å². The summed E-state index contributed by atoms with van der Waals surface area (Å²) in [5.41, 5.74) is 0. The Hall–Kier alpha value is 2.59. The van der Waals surface area contributed by atoms with Gasteiger partial charge in [-0.05, 0) is 0 Å². The molecule has 0 fully saturated rings. The van der Waals surface area contributed by atoms with Crippen LogP contribution >= 0.6 is 9.90 Å². The Bertz CT molecular complexity index is 16.5. The first kappa shape index (κ1) is 194. The van der Waals surface area contributed by atoms with Gasteiger partial charge in [-0.3, -0.25) is 0 Å². The first-order valence-electron chi connectivity index (χ1n) is 0. The van der Waals surface area contributed by atoms with Crippen molar-refractivity contribution in [3.63, 3.8) is 0 Å². The molecule has 9 heavy (non-hydrogen) atoms. The fraction of sp³-hybridized carbons (Fsp3) is 1.00. The van der Waals surface area contributed by atoms with Gasteiger partial charge in [0.25, 0.3) is 0 Å². The molecule has 0 nitrogen and oxygen atoms in total. The van der Waals surface area contributed by atoms with E-state index in [-0.39, 0.29) is 115 Å². The molecule has 0 rings (SSSR count). The van der Waals surface area contributed by atoms with Crippen molar-refractivity contribution in [2.45, 2.75) is 29.7 Å². The lowest BCUT2D eigenvalue weighted by atomic mass is 12.0. The van der Waals surface area contributed by atoms with Crippen molar-refractivity contribution in [3.8, 4) is 0 Å². The van der Waals surface area contributed by atoms with Crippen LogP contribution < -0.4 is 48.0 Å². The second kappa shape index (κ2) is 145. The second-order valence-electron chi connectivity index (χ2n) is 0. The van der Waals surface area contributed by atoms with Crippen LogP contribution in [0.15, 0.2) is 0 Å². The Labute approximate surface area is 113 Å². The summed E-state index contributed by atoms with van der Waals surface area (Å²) in [6.45, 7) is 0. The molecular formula is C4H29I2PS2+4. The normalized spacial score (nSPS) is 0. The molecule has 0 aliphatic rings.